The molecule has 150 valence electrons. The molecule has 0 aliphatic carbocycles. The summed E-state index contributed by atoms with van der Waals surface area (Å²) in [5.74, 6) is 0. The maximum absolute atomic E-state index is 12.5. The molecule has 2 heterocycles. The molecule has 2 aromatic rings. The normalized spacial score (nSPS) is 18.5. The van der Waals surface area contributed by atoms with E-state index < -0.39 is 28.8 Å². The predicted octanol–water partition coefficient (Wildman–Crippen LogP) is 3.02. The average molecular weight is 388 g/mol. The molecule has 3 rings (SSSR count). The van der Waals surface area contributed by atoms with E-state index in [9.17, 15) is 14.9 Å². The van der Waals surface area contributed by atoms with E-state index in [-0.39, 0.29) is 5.69 Å². The fourth-order valence-electron chi connectivity index (χ4n) is 3.12. The SMILES string of the molecule is CC(C)(C)OC(=O)N1CCO[C@@H](C(c2ccccc2)n2cc([N+](=O)[O-])cn2)C1. The zero-order valence-corrected chi connectivity index (χ0v) is 16.1. The highest BCUT2D eigenvalue weighted by atomic mass is 16.6. The zero-order valence-electron chi connectivity index (χ0n) is 16.1. The first-order valence-corrected chi connectivity index (χ1v) is 9.07. The first-order chi connectivity index (χ1) is 13.2. The molecule has 0 N–H and O–H groups in total. The average Bonchev–Trinajstić information content (AvgIpc) is 3.12. The molecule has 0 radical (unpaired) electrons. The predicted molar refractivity (Wildman–Crippen MR) is 101 cm³/mol. The lowest BCUT2D eigenvalue weighted by atomic mass is 10.00. The second-order valence-corrected chi connectivity index (χ2v) is 7.63. The molecule has 2 atom stereocenters. The van der Waals surface area contributed by atoms with Crippen LogP contribution < -0.4 is 0 Å². The number of rotatable bonds is 4. The molecule has 1 amide bonds. The summed E-state index contributed by atoms with van der Waals surface area (Å²) >= 11 is 0. The van der Waals surface area contributed by atoms with Crippen LogP contribution in [0.4, 0.5) is 10.5 Å². The molecule has 0 bridgehead atoms. The van der Waals surface area contributed by atoms with Gasteiger partial charge in [-0.25, -0.2) is 4.79 Å². The van der Waals surface area contributed by atoms with Crippen LogP contribution in [0.15, 0.2) is 42.7 Å². The van der Waals surface area contributed by atoms with Gasteiger partial charge in [-0.3, -0.25) is 14.8 Å². The summed E-state index contributed by atoms with van der Waals surface area (Å²) in [4.78, 5) is 24.7. The van der Waals surface area contributed by atoms with Crippen LogP contribution in [0.1, 0.15) is 32.4 Å². The number of nitrogens with zero attached hydrogens (tertiary/aromatic N) is 4. The van der Waals surface area contributed by atoms with E-state index in [1.807, 2.05) is 51.1 Å². The van der Waals surface area contributed by atoms with Crippen LogP contribution in [0.5, 0.6) is 0 Å². The van der Waals surface area contributed by atoms with Crippen molar-refractivity contribution < 1.29 is 19.2 Å². The zero-order chi connectivity index (χ0) is 20.3. The van der Waals surface area contributed by atoms with Crippen LogP contribution in [0, 0.1) is 10.1 Å². The fourth-order valence-corrected chi connectivity index (χ4v) is 3.12. The molecule has 1 aliphatic heterocycles. The van der Waals surface area contributed by atoms with Gasteiger partial charge >= 0.3 is 11.8 Å². The van der Waals surface area contributed by atoms with Gasteiger partial charge in [-0.2, -0.15) is 5.10 Å². The monoisotopic (exact) mass is 388 g/mol. The third-order valence-electron chi connectivity index (χ3n) is 4.32. The number of ether oxygens (including phenoxy) is 2. The number of benzene rings is 1. The number of aromatic nitrogens is 2. The van der Waals surface area contributed by atoms with Crippen LogP contribution >= 0.6 is 0 Å². The van der Waals surface area contributed by atoms with Crippen molar-refractivity contribution in [1.82, 2.24) is 14.7 Å². The minimum Gasteiger partial charge on any atom is -0.444 e. The van der Waals surface area contributed by atoms with Gasteiger partial charge in [-0.05, 0) is 26.3 Å². The van der Waals surface area contributed by atoms with Gasteiger partial charge in [0.05, 0.1) is 18.1 Å². The number of carbonyl (C=O) groups is 1. The second kappa shape index (κ2) is 7.97. The highest BCUT2D eigenvalue weighted by molar-refractivity contribution is 5.68. The molecular weight excluding hydrogens is 364 g/mol. The van der Waals surface area contributed by atoms with Crippen molar-refractivity contribution in [2.24, 2.45) is 0 Å². The molecule has 1 aromatic heterocycles. The van der Waals surface area contributed by atoms with E-state index in [1.54, 1.807) is 4.90 Å². The molecule has 0 spiro atoms. The van der Waals surface area contributed by atoms with E-state index in [4.69, 9.17) is 9.47 Å². The first-order valence-electron chi connectivity index (χ1n) is 9.07. The smallest absolute Gasteiger partial charge is 0.410 e. The van der Waals surface area contributed by atoms with Crippen molar-refractivity contribution in [3.63, 3.8) is 0 Å². The molecule has 1 aliphatic rings. The molecule has 1 fully saturated rings. The molecule has 1 saturated heterocycles. The molecule has 1 unspecified atom stereocenters. The van der Waals surface area contributed by atoms with Crippen molar-refractivity contribution in [2.75, 3.05) is 19.7 Å². The van der Waals surface area contributed by atoms with Crippen molar-refractivity contribution in [3.05, 3.63) is 58.4 Å². The summed E-state index contributed by atoms with van der Waals surface area (Å²) < 4.78 is 12.9. The van der Waals surface area contributed by atoms with E-state index in [1.165, 1.54) is 17.1 Å². The Balaban J connectivity index is 1.87. The molecule has 9 nitrogen and oxygen atoms in total. The number of hydrogen-bond donors (Lipinski definition) is 0. The van der Waals surface area contributed by atoms with Crippen LogP contribution in [-0.4, -0.2) is 57.1 Å². The molecule has 28 heavy (non-hydrogen) atoms. The Bertz CT molecular complexity index is 830. The number of carbonyl (C=O) groups excluding carboxylic acids is 1. The summed E-state index contributed by atoms with van der Waals surface area (Å²) in [6.45, 7) is 6.51. The second-order valence-electron chi connectivity index (χ2n) is 7.63. The maximum atomic E-state index is 12.5. The van der Waals surface area contributed by atoms with Crippen LogP contribution in [0.25, 0.3) is 0 Å². The molecule has 0 saturated carbocycles. The third-order valence-corrected chi connectivity index (χ3v) is 4.32. The Morgan fingerprint density at radius 3 is 2.68 bits per heavy atom. The quantitative estimate of drug-likeness (QED) is 0.590. The lowest BCUT2D eigenvalue weighted by Gasteiger charge is -2.37. The Hall–Kier alpha value is -2.94. The Kier molecular flexibility index (Phi) is 5.64. The molecular formula is C19H24N4O5. The minimum atomic E-state index is -0.591. The molecule has 9 heteroatoms. The topological polar surface area (TPSA) is 99.7 Å². The van der Waals surface area contributed by atoms with E-state index >= 15 is 0 Å². The highest BCUT2D eigenvalue weighted by Gasteiger charge is 2.35. The Labute approximate surface area is 163 Å². The van der Waals surface area contributed by atoms with Gasteiger partial charge in [0.2, 0.25) is 0 Å². The summed E-state index contributed by atoms with van der Waals surface area (Å²) in [5.41, 5.74) is 0.198. The van der Waals surface area contributed by atoms with Gasteiger partial charge in [0.15, 0.2) is 0 Å². The van der Waals surface area contributed by atoms with Gasteiger partial charge in [0, 0.05) is 6.54 Å². The van der Waals surface area contributed by atoms with E-state index in [0.29, 0.717) is 19.7 Å². The lowest BCUT2D eigenvalue weighted by molar-refractivity contribution is -0.385. The van der Waals surface area contributed by atoms with Crippen molar-refractivity contribution in [3.8, 4) is 0 Å². The van der Waals surface area contributed by atoms with E-state index in [0.717, 1.165) is 5.56 Å². The van der Waals surface area contributed by atoms with Gasteiger partial charge in [-0.15, -0.1) is 0 Å². The standard InChI is InChI=1S/C19H24N4O5/c1-19(2,3)28-18(24)21-9-10-27-16(13-21)17(14-7-5-4-6-8-14)22-12-15(11-20-22)23(25)26/h4-8,11-12,16-17H,9-10,13H2,1-3H3/t16-,17?/m1/s1. The van der Waals surface area contributed by atoms with Crippen molar-refractivity contribution in [1.29, 1.82) is 0 Å². The number of morpholine rings is 1. The first kappa shape index (κ1) is 19.8. The maximum Gasteiger partial charge on any atom is 0.410 e. The number of hydrogen-bond acceptors (Lipinski definition) is 6. The summed E-state index contributed by atoms with van der Waals surface area (Å²) in [6.07, 6.45) is 1.76. The van der Waals surface area contributed by atoms with Gasteiger partial charge < -0.3 is 14.4 Å². The fraction of sp³-hybridized carbons (Fsp3) is 0.474. The third kappa shape index (κ3) is 4.66. The largest absolute Gasteiger partial charge is 0.444 e. The Morgan fingerprint density at radius 1 is 1.36 bits per heavy atom. The minimum absolute atomic E-state index is 0.0965. The number of amides is 1. The van der Waals surface area contributed by atoms with Crippen molar-refractivity contribution >= 4 is 11.8 Å². The lowest BCUT2D eigenvalue weighted by Crippen LogP contribution is -2.50. The van der Waals surface area contributed by atoms with Gasteiger partial charge in [0.1, 0.15) is 30.1 Å². The highest BCUT2D eigenvalue weighted by Crippen LogP contribution is 2.28. The van der Waals surface area contributed by atoms with Crippen molar-refractivity contribution in [2.45, 2.75) is 38.5 Å². The summed E-state index contributed by atoms with van der Waals surface area (Å²) in [5, 5.41) is 15.3. The van der Waals surface area contributed by atoms with Gasteiger partial charge in [0.25, 0.3) is 0 Å². The number of nitro groups is 1. The van der Waals surface area contributed by atoms with Crippen LogP contribution in [0.3, 0.4) is 0 Å². The van der Waals surface area contributed by atoms with Crippen LogP contribution in [0.2, 0.25) is 0 Å². The van der Waals surface area contributed by atoms with Crippen LogP contribution in [-0.2, 0) is 9.47 Å². The van der Waals surface area contributed by atoms with E-state index in [2.05, 4.69) is 5.10 Å². The summed E-state index contributed by atoms with van der Waals surface area (Å²) in [7, 11) is 0. The summed E-state index contributed by atoms with van der Waals surface area (Å²) in [6, 6.07) is 9.06. The Morgan fingerprint density at radius 2 is 2.07 bits per heavy atom. The molecule has 1 aromatic carbocycles. The van der Waals surface area contributed by atoms with Gasteiger partial charge in [-0.1, -0.05) is 30.3 Å².